The Kier molecular flexibility index (Phi) is 4.06. The van der Waals surface area contributed by atoms with Crippen LogP contribution in [0.15, 0.2) is 12.1 Å². The van der Waals surface area contributed by atoms with Crippen LogP contribution in [0, 0.1) is 0 Å². The molecule has 118 valence electrons. The number of aliphatic carboxylic acids is 1. The smallest absolute Gasteiger partial charge is 0.326 e. The minimum absolute atomic E-state index is 0.508. The number of hydrogen-bond acceptors (Lipinski definition) is 6. The van der Waals surface area contributed by atoms with E-state index in [1.54, 1.807) is 14.2 Å². The highest BCUT2D eigenvalue weighted by atomic mass is 32.1. The second kappa shape index (κ2) is 6.00. The average molecular weight is 322 g/mol. The molecule has 0 radical (unpaired) electrons. The first-order valence-corrected chi connectivity index (χ1v) is 7.98. The molecule has 1 aliphatic heterocycles. The molecule has 1 atom stereocenters. The van der Waals surface area contributed by atoms with Crippen LogP contribution >= 0.6 is 11.3 Å². The molecular weight excluding hydrogens is 304 g/mol. The van der Waals surface area contributed by atoms with Crippen molar-refractivity contribution in [1.82, 2.24) is 4.98 Å². The summed E-state index contributed by atoms with van der Waals surface area (Å²) in [5.41, 5.74) is 0.719. The number of aromatic nitrogens is 1. The Balaban J connectivity index is 2.09. The van der Waals surface area contributed by atoms with Crippen molar-refractivity contribution in [3.63, 3.8) is 0 Å². The first kappa shape index (κ1) is 14.9. The Morgan fingerprint density at radius 1 is 1.32 bits per heavy atom. The van der Waals surface area contributed by atoms with Gasteiger partial charge in [-0.15, -0.1) is 0 Å². The number of carbonyl (C=O) groups is 1. The Hall–Kier alpha value is -2.02. The van der Waals surface area contributed by atoms with Crippen LogP contribution in [0.5, 0.6) is 11.5 Å². The minimum Gasteiger partial charge on any atom is -0.495 e. The number of benzene rings is 1. The lowest BCUT2D eigenvalue weighted by atomic mass is 10.0. The monoisotopic (exact) mass is 322 g/mol. The predicted octanol–water partition coefficient (Wildman–Crippen LogP) is 2.76. The van der Waals surface area contributed by atoms with Gasteiger partial charge in [0.15, 0.2) is 5.13 Å². The number of thiazole rings is 1. The van der Waals surface area contributed by atoms with Crippen molar-refractivity contribution in [3.05, 3.63) is 12.1 Å². The molecule has 22 heavy (non-hydrogen) atoms. The largest absolute Gasteiger partial charge is 0.495 e. The first-order chi connectivity index (χ1) is 10.7. The van der Waals surface area contributed by atoms with Crippen molar-refractivity contribution in [3.8, 4) is 11.5 Å². The summed E-state index contributed by atoms with van der Waals surface area (Å²) in [7, 11) is 3.21. The van der Waals surface area contributed by atoms with Gasteiger partial charge in [0.1, 0.15) is 27.8 Å². The highest BCUT2D eigenvalue weighted by molar-refractivity contribution is 7.22. The van der Waals surface area contributed by atoms with E-state index in [1.165, 1.54) is 11.3 Å². The van der Waals surface area contributed by atoms with Gasteiger partial charge in [0, 0.05) is 6.54 Å². The maximum absolute atomic E-state index is 11.5. The summed E-state index contributed by atoms with van der Waals surface area (Å²) in [6.45, 7) is 0.710. The zero-order valence-corrected chi connectivity index (χ0v) is 13.4. The zero-order chi connectivity index (χ0) is 15.7. The Morgan fingerprint density at radius 2 is 2.05 bits per heavy atom. The number of anilines is 1. The molecule has 3 rings (SSSR count). The number of carboxylic acid groups (broad SMARTS) is 1. The molecule has 0 amide bonds. The molecule has 1 aliphatic rings. The molecular formula is C15H18N2O4S. The molecule has 0 aliphatic carbocycles. The maximum Gasteiger partial charge on any atom is 0.326 e. The van der Waals surface area contributed by atoms with E-state index in [2.05, 4.69) is 4.98 Å². The lowest BCUT2D eigenvalue weighted by Gasteiger charge is -2.32. The molecule has 2 heterocycles. The number of nitrogens with zero attached hydrogens (tertiary/aromatic N) is 2. The Morgan fingerprint density at radius 3 is 2.73 bits per heavy atom. The molecule has 0 spiro atoms. The highest BCUT2D eigenvalue weighted by Gasteiger charge is 2.31. The number of rotatable bonds is 4. The quantitative estimate of drug-likeness (QED) is 0.933. The van der Waals surface area contributed by atoms with Crippen molar-refractivity contribution in [1.29, 1.82) is 0 Å². The van der Waals surface area contributed by atoms with Crippen LogP contribution in [0.3, 0.4) is 0 Å². The molecule has 1 saturated heterocycles. The Labute approximate surface area is 132 Å². The minimum atomic E-state index is -0.794. The Bertz CT molecular complexity index is 659. The summed E-state index contributed by atoms with van der Waals surface area (Å²) >= 11 is 1.45. The molecule has 1 aromatic carbocycles. The molecule has 7 heteroatoms. The van der Waals surface area contributed by atoms with Gasteiger partial charge in [0.05, 0.1) is 14.2 Å². The number of ether oxygens (including phenoxy) is 2. The predicted molar refractivity (Wildman–Crippen MR) is 85.3 cm³/mol. The fraction of sp³-hybridized carbons (Fsp3) is 0.467. The fourth-order valence-electron chi connectivity index (χ4n) is 2.81. The van der Waals surface area contributed by atoms with Crippen LogP contribution in [0.25, 0.3) is 10.2 Å². The van der Waals surface area contributed by atoms with Crippen molar-refractivity contribution in [2.24, 2.45) is 0 Å². The van der Waals surface area contributed by atoms with Gasteiger partial charge >= 0.3 is 5.97 Å². The summed E-state index contributed by atoms with van der Waals surface area (Å²) in [5, 5.41) is 10.1. The fourth-order valence-corrected chi connectivity index (χ4v) is 3.96. The SMILES string of the molecule is COc1ccc(OC)c2sc(N3CCCCC3C(=O)O)nc12. The van der Waals surface area contributed by atoms with Crippen LogP contribution in [-0.4, -0.2) is 42.9 Å². The van der Waals surface area contributed by atoms with Gasteiger partial charge in [-0.2, -0.15) is 0 Å². The molecule has 1 N–H and O–H groups in total. The molecule has 0 bridgehead atoms. The third-order valence-electron chi connectivity index (χ3n) is 3.93. The molecule has 1 unspecified atom stereocenters. The van der Waals surface area contributed by atoms with Crippen LogP contribution < -0.4 is 14.4 Å². The number of hydrogen-bond donors (Lipinski definition) is 1. The summed E-state index contributed by atoms with van der Waals surface area (Å²) in [6, 6.07) is 3.15. The first-order valence-electron chi connectivity index (χ1n) is 7.16. The van der Waals surface area contributed by atoms with Gasteiger partial charge in [-0.25, -0.2) is 9.78 Å². The van der Waals surface area contributed by atoms with Gasteiger partial charge in [-0.05, 0) is 31.4 Å². The average Bonchev–Trinajstić information content (AvgIpc) is 2.99. The van der Waals surface area contributed by atoms with Gasteiger partial charge in [-0.1, -0.05) is 11.3 Å². The van der Waals surface area contributed by atoms with Gasteiger partial charge in [-0.3, -0.25) is 0 Å². The van der Waals surface area contributed by atoms with Crippen molar-refractivity contribution in [2.75, 3.05) is 25.7 Å². The van der Waals surface area contributed by atoms with E-state index < -0.39 is 12.0 Å². The number of carboxylic acids is 1. The maximum atomic E-state index is 11.5. The molecule has 2 aromatic rings. The summed E-state index contributed by atoms with van der Waals surface area (Å²) < 4.78 is 11.6. The van der Waals surface area contributed by atoms with Crippen LogP contribution in [0.1, 0.15) is 19.3 Å². The van der Waals surface area contributed by atoms with E-state index in [9.17, 15) is 9.90 Å². The van der Waals surface area contributed by atoms with Crippen LogP contribution in [0.2, 0.25) is 0 Å². The number of piperidine rings is 1. The highest BCUT2D eigenvalue weighted by Crippen LogP contribution is 2.41. The molecule has 0 saturated carbocycles. The third kappa shape index (κ3) is 2.45. The van der Waals surface area contributed by atoms with Crippen molar-refractivity contribution in [2.45, 2.75) is 25.3 Å². The summed E-state index contributed by atoms with van der Waals surface area (Å²) in [6.07, 6.45) is 2.57. The lowest BCUT2D eigenvalue weighted by Crippen LogP contribution is -2.44. The number of fused-ring (bicyclic) bond motifs is 1. The van der Waals surface area contributed by atoms with Crippen molar-refractivity contribution < 1.29 is 19.4 Å². The van der Waals surface area contributed by atoms with E-state index >= 15 is 0 Å². The lowest BCUT2D eigenvalue weighted by molar-refractivity contribution is -0.139. The zero-order valence-electron chi connectivity index (χ0n) is 12.5. The molecule has 1 aromatic heterocycles. The second-order valence-corrected chi connectivity index (χ2v) is 6.16. The van der Waals surface area contributed by atoms with E-state index in [4.69, 9.17) is 9.47 Å². The van der Waals surface area contributed by atoms with Gasteiger partial charge in [0.2, 0.25) is 0 Å². The second-order valence-electron chi connectivity index (χ2n) is 5.19. The van der Waals surface area contributed by atoms with Gasteiger partial charge < -0.3 is 19.5 Å². The third-order valence-corrected chi connectivity index (χ3v) is 5.04. The summed E-state index contributed by atoms with van der Waals surface area (Å²) in [4.78, 5) is 18.0. The normalized spacial score (nSPS) is 18.5. The van der Waals surface area contributed by atoms with E-state index in [0.29, 0.717) is 23.8 Å². The van der Waals surface area contributed by atoms with E-state index in [0.717, 1.165) is 28.8 Å². The summed E-state index contributed by atoms with van der Waals surface area (Å²) in [5.74, 6) is 0.600. The standard InChI is InChI=1S/C15H18N2O4S/c1-20-10-6-7-11(21-2)13-12(10)16-15(22-13)17-8-4-3-5-9(17)14(18)19/h6-7,9H,3-5,8H2,1-2H3,(H,18,19). The van der Waals surface area contributed by atoms with Gasteiger partial charge in [0.25, 0.3) is 0 Å². The molecule has 1 fully saturated rings. The van der Waals surface area contributed by atoms with E-state index in [-0.39, 0.29) is 0 Å². The van der Waals surface area contributed by atoms with Crippen LogP contribution in [-0.2, 0) is 4.79 Å². The number of methoxy groups -OCH3 is 2. The topological polar surface area (TPSA) is 71.9 Å². The molecule has 6 nitrogen and oxygen atoms in total. The van der Waals surface area contributed by atoms with Crippen LogP contribution in [0.4, 0.5) is 5.13 Å². The van der Waals surface area contributed by atoms with Crippen molar-refractivity contribution >= 4 is 32.7 Å². The van der Waals surface area contributed by atoms with E-state index in [1.807, 2.05) is 17.0 Å².